The molecule has 0 aliphatic rings. The maximum Gasteiger partial charge on any atom is 0.238 e. The van der Waals surface area contributed by atoms with Crippen LogP contribution in [0.4, 0.5) is 8.78 Å². The minimum atomic E-state index is -2.10. The molecule has 0 rings (SSSR count). The molecule has 0 N–H and O–H groups in total. The van der Waals surface area contributed by atoms with Crippen LogP contribution in [0.5, 0.6) is 0 Å². The molecule has 0 fully saturated rings. The van der Waals surface area contributed by atoms with Gasteiger partial charge in [0.25, 0.3) is 0 Å². The van der Waals surface area contributed by atoms with Gasteiger partial charge < -0.3 is 0 Å². The van der Waals surface area contributed by atoms with Crippen LogP contribution in [-0.4, -0.2) is 6.43 Å². The molecule has 0 aliphatic heterocycles. The summed E-state index contributed by atoms with van der Waals surface area (Å²) in [5.41, 5.74) is 0. The third kappa shape index (κ3) is 25.9. The van der Waals surface area contributed by atoms with Crippen molar-refractivity contribution in [1.29, 1.82) is 0 Å². The zero-order valence-corrected chi connectivity index (χ0v) is 19.3. The Morgan fingerprint density at radius 1 is 0.357 bits per heavy atom. The van der Waals surface area contributed by atoms with E-state index in [1.54, 1.807) is 0 Å². The predicted octanol–water partition coefficient (Wildman–Crippen LogP) is 10.6. The molecule has 0 nitrogen and oxygen atoms in total. The molecule has 0 amide bonds. The molecule has 0 atom stereocenters. The van der Waals surface area contributed by atoms with E-state index in [0.717, 1.165) is 12.8 Å². The summed E-state index contributed by atoms with van der Waals surface area (Å²) in [6.07, 6.45) is 29.1. The second-order valence-corrected chi connectivity index (χ2v) is 8.96. The zero-order chi connectivity index (χ0) is 20.5. The summed E-state index contributed by atoms with van der Waals surface area (Å²) in [5, 5.41) is 0. The molecule has 0 aromatic heterocycles. The summed E-state index contributed by atoms with van der Waals surface area (Å²) >= 11 is 0. The van der Waals surface area contributed by atoms with Gasteiger partial charge in [-0.25, -0.2) is 8.78 Å². The standard InChI is InChI=1S/C26H52F2/c1-2-3-4-5-6-7-8-9-10-11-12-13-14-15-16-17-18-19-20-21-22-23-24-25-26(27)28/h26H,2-25H2,1H3. The molecule has 2 heteroatoms. The number of alkyl halides is 2. The van der Waals surface area contributed by atoms with E-state index in [1.807, 2.05) is 0 Å². The first-order valence-corrected chi connectivity index (χ1v) is 13.1. The predicted molar refractivity (Wildman–Crippen MR) is 122 cm³/mol. The molecule has 0 saturated heterocycles. The lowest BCUT2D eigenvalue weighted by atomic mass is 10.0. The van der Waals surface area contributed by atoms with Crippen LogP contribution >= 0.6 is 0 Å². The van der Waals surface area contributed by atoms with Crippen molar-refractivity contribution in [2.45, 2.75) is 167 Å². The molecule has 28 heavy (non-hydrogen) atoms. The van der Waals surface area contributed by atoms with Crippen molar-refractivity contribution in [3.05, 3.63) is 0 Å². The molecular weight excluding hydrogens is 350 g/mol. The Kier molecular flexibility index (Phi) is 24.8. The summed E-state index contributed by atoms with van der Waals surface area (Å²) in [4.78, 5) is 0. The summed E-state index contributed by atoms with van der Waals surface area (Å²) < 4.78 is 24.0. The Labute approximate surface area is 176 Å². The van der Waals surface area contributed by atoms with Crippen molar-refractivity contribution in [3.8, 4) is 0 Å². The molecule has 170 valence electrons. The van der Waals surface area contributed by atoms with Crippen LogP contribution in [0.15, 0.2) is 0 Å². The van der Waals surface area contributed by atoms with Gasteiger partial charge >= 0.3 is 0 Å². The van der Waals surface area contributed by atoms with Gasteiger partial charge in [0.15, 0.2) is 0 Å². The Balaban J connectivity index is 2.98. The van der Waals surface area contributed by atoms with Gasteiger partial charge in [0.1, 0.15) is 0 Å². The Hall–Kier alpha value is -0.140. The Morgan fingerprint density at radius 3 is 0.786 bits per heavy atom. The lowest BCUT2D eigenvalue weighted by Crippen LogP contribution is -1.89. The smallest absolute Gasteiger partial charge is 0.211 e. The van der Waals surface area contributed by atoms with E-state index in [4.69, 9.17) is 0 Å². The fraction of sp³-hybridized carbons (Fsp3) is 1.00. The molecule has 0 heterocycles. The Morgan fingerprint density at radius 2 is 0.571 bits per heavy atom. The van der Waals surface area contributed by atoms with Crippen LogP contribution in [0.3, 0.4) is 0 Å². The highest BCUT2D eigenvalue weighted by atomic mass is 19.3. The van der Waals surface area contributed by atoms with Crippen LogP contribution in [0.1, 0.15) is 161 Å². The number of hydrogen-bond acceptors (Lipinski definition) is 0. The molecule has 0 spiro atoms. The van der Waals surface area contributed by atoms with Gasteiger partial charge in [-0.15, -0.1) is 0 Å². The maximum atomic E-state index is 12.0. The molecule has 0 saturated carbocycles. The van der Waals surface area contributed by atoms with Crippen LogP contribution < -0.4 is 0 Å². The molecule has 0 unspecified atom stereocenters. The summed E-state index contributed by atoms with van der Waals surface area (Å²) in [7, 11) is 0. The SMILES string of the molecule is CCCCCCCCCCCCCCCCCCCCCCCCCC(F)F. The van der Waals surface area contributed by atoms with Crippen LogP contribution in [-0.2, 0) is 0 Å². The third-order valence-corrected chi connectivity index (χ3v) is 6.03. The van der Waals surface area contributed by atoms with Gasteiger partial charge in [0, 0.05) is 6.42 Å². The van der Waals surface area contributed by atoms with Crippen LogP contribution in [0.2, 0.25) is 0 Å². The largest absolute Gasteiger partial charge is 0.238 e. The van der Waals surface area contributed by atoms with Crippen molar-refractivity contribution in [2.24, 2.45) is 0 Å². The molecule has 0 aromatic rings. The van der Waals surface area contributed by atoms with E-state index in [2.05, 4.69) is 6.92 Å². The summed E-state index contributed by atoms with van der Waals surface area (Å²) in [5.74, 6) is 0. The topological polar surface area (TPSA) is 0 Å². The van der Waals surface area contributed by atoms with Gasteiger partial charge in [0.05, 0.1) is 0 Å². The minimum Gasteiger partial charge on any atom is -0.211 e. The van der Waals surface area contributed by atoms with Gasteiger partial charge in [-0.2, -0.15) is 0 Å². The highest BCUT2D eigenvalue weighted by molar-refractivity contribution is 4.51. The van der Waals surface area contributed by atoms with Crippen molar-refractivity contribution >= 4 is 0 Å². The van der Waals surface area contributed by atoms with Gasteiger partial charge in [0.2, 0.25) is 6.43 Å². The number of unbranched alkanes of at least 4 members (excludes halogenated alkanes) is 22. The maximum absolute atomic E-state index is 12.0. The first-order valence-electron chi connectivity index (χ1n) is 13.1. The lowest BCUT2D eigenvalue weighted by Gasteiger charge is -2.04. The summed E-state index contributed by atoms with van der Waals surface area (Å²) in [6, 6.07) is 0. The summed E-state index contributed by atoms with van der Waals surface area (Å²) in [6.45, 7) is 2.29. The number of halogens is 2. The molecule has 0 aliphatic carbocycles. The molecule has 0 bridgehead atoms. The van der Waals surface area contributed by atoms with E-state index in [9.17, 15) is 8.78 Å². The fourth-order valence-corrected chi connectivity index (χ4v) is 4.08. The van der Waals surface area contributed by atoms with Crippen molar-refractivity contribution in [1.82, 2.24) is 0 Å². The second kappa shape index (κ2) is 24.9. The van der Waals surface area contributed by atoms with Crippen LogP contribution in [0, 0.1) is 0 Å². The van der Waals surface area contributed by atoms with E-state index >= 15 is 0 Å². The van der Waals surface area contributed by atoms with E-state index in [-0.39, 0.29) is 6.42 Å². The first-order chi connectivity index (χ1) is 13.8. The Bertz CT molecular complexity index is 265. The van der Waals surface area contributed by atoms with Gasteiger partial charge in [-0.1, -0.05) is 148 Å². The number of hydrogen-bond donors (Lipinski definition) is 0. The first kappa shape index (κ1) is 27.9. The van der Waals surface area contributed by atoms with Crippen molar-refractivity contribution in [3.63, 3.8) is 0 Å². The lowest BCUT2D eigenvalue weighted by molar-refractivity contribution is 0.133. The fourth-order valence-electron chi connectivity index (χ4n) is 4.08. The van der Waals surface area contributed by atoms with E-state index in [0.29, 0.717) is 6.42 Å². The quantitative estimate of drug-likeness (QED) is 0.141. The van der Waals surface area contributed by atoms with Gasteiger partial charge in [-0.3, -0.25) is 0 Å². The van der Waals surface area contributed by atoms with Crippen molar-refractivity contribution < 1.29 is 8.78 Å². The molecular formula is C26H52F2. The zero-order valence-electron chi connectivity index (χ0n) is 19.3. The van der Waals surface area contributed by atoms with Gasteiger partial charge in [-0.05, 0) is 6.42 Å². The number of rotatable bonds is 24. The second-order valence-electron chi connectivity index (χ2n) is 8.96. The monoisotopic (exact) mass is 402 g/mol. The van der Waals surface area contributed by atoms with E-state index < -0.39 is 6.43 Å². The average Bonchev–Trinajstić information content (AvgIpc) is 2.68. The third-order valence-electron chi connectivity index (χ3n) is 6.03. The van der Waals surface area contributed by atoms with Crippen LogP contribution in [0.25, 0.3) is 0 Å². The normalized spacial score (nSPS) is 11.6. The average molecular weight is 403 g/mol. The molecule has 0 aromatic carbocycles. The van der Waals surface area contributed by atoms with Crippen molar-refractivity contribution in [2.75, 3.05) is 0 Å². The molecule has 0 radical (unpaired) electrons. The minimum absolute atomic E-state index is 0.0964. The highest BCUT2D eigenvalue weighted by Gasteiger charge is 2.01. The highest BCUT2D eigenvalue weighted by Crippen LogP contribution is 2.16. The van der Waals surface area contributed by atoms with E-state index in [1.165, 1.54) is 128 Å².